The van der Waals surface area contributed by atoms with Gasteiger partial charge in [-0.3, -0.25) is 0 Å². The van der Waals surface area contributed by atoms with Gasteiger partial charge in [-0.25, -0.2) is 0 Å². The van der Waals surface area contributed by atoms with Gasteiger partial charge in [-0.2, -0.15) is 0 Å². The maximum absolute atomic E-state index is 5.96. The van der Waals surface area contributed by atoms with Crippen LogP contribution in [0.25, 0.3) is 22.5 Å². The lowest BCUT2D eigenvalue weighted by Gasteiger charge is -2.31. The molecule has 2 aromatic carbocycles. The van der Waals surface area contributed by atoms with Crippen LogP contribution in [0.5, 0.6) is 5.75 Å². The smallest absolute Gasteiger partial charge is 0.165 e. The molecule has 0 aliphatic carbocycles. The summed E-state index contributed by atoms with van der Waals surface area (Å²) in [4.78, 5) is 2.47. The number of hydrogen-bond acceptors (Lipinski definition) is 4. The van der Waals surface area contributed by atoms with Crippen molar-refractivity contribution < 1.29 is 9.15 Å². The number of anilines is 1. The van der Waals surface area contributed by atoms with Crippen LogP contribution < -0.4 is 15.0 Å². The summed E-state index contributed by atoms with van der Waals surface area (Å²) in [6.07, 6.45) is 2.69. The van der Waals surface area contributed by atoms with Gasteiger partial charge in [-0.05, 0) is 35.7 Å². The molecule has 0 amide bonds. The van der Waals surface area contributed by atoms with Crippen molar-refractivity contribution in [1.82, 2.24) is 5.32 Å². The number of aryl methyl sites for hydroxylation is 1. The highest BCUT2D eigenvalue weighted by Crippen LogP contribution is 2.42. The van der Waals surface area contributed by atoms with E-state index in [-0.39, 0.29) is 0 Å². The Morgan fingerprint density at radius 3 is 2.52 bits per heavy atom. The highest BCUT2D eigenvalue weighted by Gasteiger charge is 2.20. The van der Waals surface area contributed by atoms with E-state index in [4.69, 9.17) is 9.15 Å². The molecular weight excluding hydrogens is 336 g/mol. The minimum absolute atomic E-state index is 0.764. The van der Waals surface area contributed by atoms with Crippen molar-refractivity contribution in [2.24, 2.45) is 0 Å². The first-order valence-electron chi connectivity index (χ1n) is 9.61. The Morgan fingerprint density at radius 2 is 1.81 bits per heavy atom. The summed E-state index contributed by atoms with van der Waals surface area (Å²) >= 11 is 0. The van der Waals surface area contributed by atoms with Crippen molar-refractivity contribution in [2.75, 3.05) is 38.2 Å². The van der Waals surface area contributed by atoms with Gasteiger partial charge in [0.1, 0.15) is 12.0 Å². The predicted octanol–water partition coefficient (Wildman–Crippen LogP) is 4.59. The van der Waals surface area contributed by atoms with E-state index in [0.29, 0.717) is 0 Å². The number of methoxy groups -OCH3 is 1. The van der Waals surface area contributed by atoms with Gasteiger partial charge in [0.2, 0.25) is 0 Å². The molecular formula is C23H26N2O2. The summed E-state index contributed by atoms with van der Waals surface area (Å²) in [5.74, 6) is 1.63. The fourth-order valence-electron chi connectivity index (χ4n) is 3.81. The second kappa shape index (κ2) is 7.89. The first-order chi connectivity index (χ1) is 13.3. The van der Waals surface area contributed by atoms with Gasteiger partial charge < -0.3 is 19.4 Å². The zero-order valence-electron chi connectivity index (χ0n) is 16.0. The van der Waals surface area contributed by atoms with Gasteiger partial charge in [0, 0.05) is 37.4 Å². The Balaban J connectivity index is 1.77. The standard InChI is InChI=1S/C23H26N2O2/c1-3-17-15-19(9-10-20(17)25-13-11-24-12-14-25)23-22(21(26-2)16-27-23)18-7-5-4-6-8-18/h4-10,15-16,24H,3,11-14H2,1-2H3. The number of ether oxygens (including phenoxy) is 1. The summed E-state index contributed by atoms with van der Waals surface area (Å²) in [5, 5.41) is 3.42. The lowest BCUT2D eigenvalue weighted by atomic mass is 9.98. The normalized spacial score (nSPS) is 14.4. The summed E-state index contributed by atoms with van der Waals surface area (Å²) < 4.78 is 11.5. The molecule has 4 nitrogen and oxygen atoms in total. The quantitative estimate of drug-likeness (QED) is 0.720. The molecule has 27 heavy (non-hydrogen) atoms. The van der Waals surface area contributed by atoms with Crippen LogP contribution in [0.4, 0.5) is 5.69 Å². The molecule has 2 heterocycles. The van der Waals surface area contributed by atoms with E-state index < -0.39 is 0 Å². The van der Waals surface area contributed by atoms with Gasteiger partial charge in [0.15, 0.2) is 5.75 Å². The summed E-state index contributed by atoms with van der Waals surface area (Å²) in [6.45, 7) is 6.40. The molecule has 1 aliphatic heterocycles. The zero-order chi connectivity index (χ0) is 18.6. The third-order valence-corrected chi connectivity index (χ3v) is 5.22. The van der Waals surface area contributed by atoms with Crippen LogP contribution in [0.1, 0.15) is 12.5 Å². The fraction of sp³-hybridized carbons (Fsp3) is 0.304. The van der Waals surface area contributed by atoms with Crippen molar-refractivity contribution in [3.05, 3.63) is 60.4 Å². The molecule has 1 saturated heterocycles. The molecule has 4 heteroatoms. The van der Waals surface area contributed by atoms with Crippen LogP contribution in [0, 0.1) is 0 Å². The molecule has 4 rings (SSSR count). The van der Waals surface area contributed by atoms with Crippen molar-refractivity contribution in [3.63, 3.8) is 0 Å². The van der Waals surface area contributed by atoms with Gasteiger partial charge in [-0.15, -0.1) is 0 Å². The van der Waals surface area contributed by atoms with E-state index in [0.717, 1.165) is 60.8 Å². The van der Waals surface area contributed by atoms with Crippen LogP contribution in [0.2, 0.25) is 0 Å². The molecule has 0 unspecified atom stereocenters. The van der Waals surface area contributed by atoms with Crippen LogP contribution >= 0.6 is 0 Å². The van der Waals surface area contributed by atoms with Crippen molar-refractivity contribution in [3.8, 4) is 28.2 Å². The second-order valence-electron chi connectivity index (χ2n) is 6.81. The number of furan rings is 1. The largest absolute Gasteiger partial charge is 0.493 e. The predicted molar refractivity (Wildman–Crippen MR) is 111 cm³/mol. The average molecular weight is 362 g/mol. The summed E-state index contributed by atoms with van der Waals surface area (Å²) in [5.41, 5.74) is 5.89. The van der Waals surface area contributed by atoms with Gasteiger partial charge in [0.05, 0.1) is 12.7 Å². The molecule has 140 valence electrons. The maximum Gasteiger partial charge on any atom is 0.165 e. The van der Waals surface area contributed by atoms with E-state index in [1.807, 2.05) is 18.2 Å². The minimum atomic E-state index is 0.764. The maximum atomic E-state index is 5.96. The lowest BCUT2D eigenvalue weighted by molar-refractivity contribution is 0.407. The summed E-state index contributed by atoms with van der Waals surface area (Å²) in [7, 11) is 1.69. The number of nitrogens with zero attached hydrogens (tertiary/aromatic N) is 1. The zero-order valence-corrected chi connectivity index (χ0v) is 16.0. The van der Waals surface area contributed by atoms with E-state index in [9.17, 15) is 0 Å². The van der Waals surface area contributed by atoms with Crippen LogP contribution in [-0.4, -0.2) is 33.3 Å². The van der Waals surface area contributed by atoms with E-state index in [1.54, 1.807) is 13.4 Å². The Bertz CT molecular complexity index is 896. The number of rotatable bonds is 5. The lowest BCUT2D eigenvalue weighted by Crippen LogP contribution is -2.43. The average Bonchev–Trinajstić information content (AvgIpc) is 3.18. The van der Waals surface area contributed by atoms with Crippen molar-refractivity contribution >= 4 is 5.69 Å². The first kappa shape index (κ1) is 17.7. The van der Waals surface area contributed by atoms with Gasteiger partial charge in [-0.1, -0.05) is 37.3 Å². The molecule has 0 atom stereocenters. The number of nitrogens with one attached hydrogen (secondary N) is 1. The molecule has 3 aromatic rings. The highest BCUT2D eigenvalue weighted by molar-refractivity contribution is 5.85. The van der Waals surface area contributed by atoms with E-state index in [2.05, 4.69) is 47.5 Å². The SMILES string of the molecule is CCc1cc(-c2occ(OC)c2-c2ccccc2)ccc1N1CCNCC1. The third-order valence-electron chi connectivity index (χ3n) is 5.22. The van der Waals surface area contributed by atoms with Gasteiger partial charge >= 0.3 is 0 Å². The van der Waals surface area contributed by atoms with Crippen molar-refractivity contribution in [1.29, 1.82) is 0 Å². The number of piperazine rings is 1. The first-order valence-corrected chi connectivity index (χ1v) is 9.61. The van der Waals surface area contributed by atoms with Crippen molar-refractivity contribution in [2.45, 2.75) is 13.3 Å². The number of hydrogen-bond donors (Lipinski definition) is 1. The van der Waals surface area contributed by atoms with Gasteiger partial charge in [0.25, 0.3) is 0 Å². The Morgan fingerprint density at radius 1 is 1.04 bits per heavy atom. The van der Waals surface area contributed by atoms with Crippen LogP contribution in [0.15, 0.2) is 59.2 Å². The molecule has 0 radical (unpaired) electrons. The minimum Gasteiger partial charge on any atom is -0.493 e. The highest BCUT2D eigenvalue weighted by atomic mass is 16.5. The Kier molecular flexibility index (Phi) is 5.16. The van der Waals surface area contributed by atoms with Crippen LogP contribution in [0.3, 0.4) is 0 Å². The van der Waals surface area contributed by atoms with Crippen LogP contribution in [-0.2, 0) is 6.42 Å². The molecule has 1 N–H and O–H groups in total. The fourth-order valence-corrected chi connectivity index (χ4v) is 3.81. The molecule has 0 spiro atoms. The topological polar surface area (TPSA) is 37.6 Å². The third kappa shape index (κ3) is 3.45. The molecule has 0 bridgehead atoms. The Labute approximate surface area is 160 Å². The molecule has 1 aliphatic rings. The summed E-state index contributed by atoms with van der Waals surface area (Å²) in [6, 6.07) is 17.0. The van der Waals surface area contributed by atoms with E-state index in [1.165, 1.54) is 11.3 Å². The molecule has 1 aromatic heterocycles. The molecule has 1 fully saturated rings. The Hall–Kier alpha value is -2.72. The monoisotopic (exact) mass is 362 g/mol. The van der Waals surface area contributed by atoms with E-state index >= 15 is 0 Å². The second-order valence-corrected chi connectivity index (χ2v) is 6.81. The number of benzene rings is 2. The molecule has 0 saturated carbocycles.